The summed E-state index contributed by atoms with van der Waals surface area (Å²) in [6, 6.07) is 5.38. The lowest BCUT2D eigenvalue weighted by molar-refractivity contribution is 0.130. The molecule has 0 spiro atoms. The van der Waals surface area contributed by atoms with E-state index in [-0.39, 0.29) is 12.7 Å². The first-order valence-electron chi connectivity index (χ1n) is 5.71. The Balaban J connectivity index is 2.77. The number of benzene rings is 1. The Hall–Kier alpha value is -1.99. The maximum Gasteiger partial charge on any atom is 0.411 e. The van der Waals surface area contributed by atoms with Gasteiger partial charge >= 0.3 is 6.09 Å². The second-order valence-corrected chi connectivity index (χ2v) is 4.07. The fraction of sp³-hybridized carbons (Fsp3) is 0.357. The first-order valence-corrected chi connectivity index (χ1v) is 5.71. The number of nitrogens with one attached hydrogen (secondary N) is 1. The zero-order chi connectivity index (χ0) is 13.5. The Morgan fingerprint density at radius 1 is 1.50 bits per heavy atom. The fourth-order valence-corrected chi connectivity index (χ4v) is 1.38. The minimum Gasteiger partial charge on any atom is -0.447 e. The van der Waals surface area contributed by atoms with Crippen molar-refractivity contribution in [1.82, 2.24) is 0 Å². The van der Waals surface area contributed by atoms with Gasteiger partial charge in [0, 0.05) is 11.3 Å². The molecule has 0 atom stereocenters. The molecule has 0 aromatic heterocycles. The summed E-state index contributed by atoms with van der Waals surface area (Å²) in [6.45, 7) is 5.29. The molecule has 1 aromatic carbocycles. The van der Waals surface area contributed by atoms with E-state index in [1.54, 1.807) is 26.0 Å². The summed E-state index contributed by atoms with van der Waals surface area (Å²) in [5.74, 6) is 5.38. The molecule has 1 aromatic rings. The average Bonchev–Trinajstić information content (AvgIpc) is 2.28. The summed E-state index contributed by atoms with van der Waals surface area (Å²) in [5.41, 5.74) is 2.37. The first kappa shape index (κ1) is 14.1. The topological polar surface area (TPSA) is 58.6 Å². The zero-order valence-electron chi connectivity index (χ0n) is 10.8. The van der Waals surface area contributed by atoms with Gasteiger partial charge in [0.1, 0.15) is 6.61 Å². The Kier molecular flexibility index (Phi) is 5.22. The molecule has 0 aliphatic rings. The summed E-state index contributed by atoms with van der Waals surface area (Å²) in [4.78, 5) is 11.4. The van der Waals surface area contributed by atoms with Gasteiger partial charge < -0.3 is 9.84 Å². The van der Waals surface area contributed by atoms with Crippen LogP contribution in [0, 0.1) is 18.8 Å². The predicted molar refractivity (Wildman–Crippen MR) is 70.4 cm³/mol. The molecule has 1 rings (SSSR count). The summed E-state index contributed by atoms with van der Waals surface area (Å²) < 4.78 is 4.99. The number of aryl methyl sites for hydroxylation is 1. The van der Waals surface area contributed by atoms with Crippen LogP contribution in [0.5, 0.6) is 0 Å². The summed E-state index contributed by atoms with van der Waals surface area (Å²) in [5, 5.41) is 11.3. The predicted octanol–water partition coefficient (Wildman–Crippen LogP) is 2.30. The van der Waals surface area contributed by atoms with Crippen molar-refractivity contribution >= 4 is 11.8 Å². The van der Waals surface area contributed by atoms with Crippen LogP contribution in [0.15, 0.2) is 18.2 Å². The molecule has 0 radical (unpaired) electrons. The van der Waals surface area contributed by atoms with Crippen molar-refractivity contribution in [3.05, 3.63) is 29.3 Å². The first-order chi connectivity index (χ1) is 8.52. The van der Waals surface area contributed by atoms with Gasteiger partial charge in [-0.25, -0.2) is 4.79 Å². The lowest BCUT2D eigenvalue weighted by Crippen LogP contribution is -2.18. The maximum absolute atomic E-state index is 11.4. The van der Waals surface area contributed by atoms with Crippen molar-refractivity contribution in [1.29, 1.82) is 0 Å². The van der Waals surface area contributed by atoms with E-state index in [4.69, 9.17) is 9.84 Å². The van der Waals surface area contributed by atoms with Crippen LogP contribution in [0.4, 0.5) is 10.5 Å². The fourth-order valence-electron chi connectivity index (χ4n) is 1.38. The van der Waals surface area contributed by atoms with Crippen molar-refractivity contribution < 1.29 is 14.6 Å². The molecule has 0 heterocycles. The molecule has 1 amide bonds. The third kappa shape index (κ3) is 4.48. The number of aliphatic hydroxyl groups is 1. The second-order valence-electron chi connectivity index (χ2n) is 4.07. The van der Waals surface area contributed by atoms with Gasteiger partial charge in [-0.1, -0.05) is 11.8 Å². The van der Waals surface area contributed by atoms with Crippen molar-refractivity contribution in [2.75, 3.05) is 11.9 Å². The quantitative estimate of drug-likeness (QED) is 0.788. The molecular weight excluding hydrogens is 230 g/mol. The summed E-state index contributed by atoms with van der Waals surface area (Å²) >= 11 is 0. The lowest BCUT2D eigenvalue weighted by atomic mass is 10.1. The van der Waals surface area contributed by atoms with Crippen LogP contribution in [0.2, 0.25) is 0 Å². The Labute approximate surface area is 107 Å². The van der Waals surface area contributed by atoms with E-state index < -0.39 is 6.09 Å². The number of anilines is 1. The Bertz CT molecular complexity index is 484. The van der Waals surface area contributed by atoms with Crippen molar-refractivity contribution in [3.8, 4) is 11.8 Å². The number of carbonyl (C=O) groups excluding carboxylic acids is 1. The molecule has 0 saturated carbocycles. The smallest absolute Gasteiger partial charge is 0.411 e. The van der Waals surface area contributed by atoms with Gasteiger partial charge in [0.25, 0.3) is 0 Å². The largest absolute Gasteiger partial charge is 0.447 e. The van der Waals surface area contributed by atoms with Crippen molar-refractivity contribution in [2.45, 2.75) is 26.9 Å². The van der Waals surface area contributed by atoms with Gasteiger partial charge in [0.15, 0.2) is 0 Å². The highest BCUT2D eigenvalue weighted by Crippen LogP contribution is 2.16. The minimum absolute atomic E-state index is 0.153. The standard InChI is InChI=1S/C14H17NO3/c1-10(2)18-14(17)15-13-7-6-12(5-4-8-16)9-11(13)3/h6-7,9-10,16H,8H2,1-3H3,(H,15,17). The lowest BCUT2D eigenvalue weighted by Gasteiger charge is -2.11. The molecule has 2 N–H and O–H groups in total. The molecular formula is C14H17NO3. The number of rotatable bonds is 2. The van der Waals surface area contributed by atoms with E-state index in [1.165, 1.54) is 0 Å². The average molecular weight is 247 g/mol. The maximum atomic E-state index is 11.4. The summed E-state index contributed by atoms with van der Waals surface area (Å²) in [6.07, 6.45) is -0.623. The summed E-state index contributed by atoms with van der Waals surface area (Å²) in [7, 11) is 0. The van der Waals surface area contributed by atoms with E-state index in [9.17, 15) is 4.79 Å². The zero-order valence-corrected chi connectivity index (χ0v) is 10.8. The number of carbonyl (C=O) groups is 1. The Morgan fingerprint density at radius 3 is 2.78 bits per heavy atom. The monoisotopic (exact) mass is 247 g/mol. The molecule has 0 unspecified atom stereocenters. The van der Waals surface area contributed by atoms with Gasteiger partial charge in [0.2, 0.25) is 0 Å². The molecule has 96 valence electrons. The van der Waals surface area contributed by atoms with Crippen LogP contribution in [-0.4, -0.2) is 23.9 Å². The molecule has 0 fully saturated rings. The van der Waals surface area contributed by atoms with Gasteiger partial charge in [0.05, 0.1) is 6.10 Å². The van der Waals surface area contributed by atoms with E-state index in [1.807, 2.05) is 13.0 Å². The highest BCUT2D eigenvalue weighted by Gasteiger charge is 2.07. The third-order valence-electron chi connectivity index (χ3n) is 2.12. The molecule has 18 heavy (non-hydrogen) atoms. The second kappa shape index (κ2) is 6.67. The molecule has 0 bridgehead atoms. The normalized spacial score (nSPS) is 9.61. The van der Waals surface area contributed by atoms with E-state index in [2.05, 4.69) is 17.2 Å². The van der Waals surface area contributed by atoms with Crippen LogP contribution in [0.25, 0.3) is 0 Å². The van der Waals surface area contributed by atoms with Gasteiger partial charge in [-0.15, -0.1) is 0 Å². The third-order valence-corrected chi connectivity index (χ3v) is 2.12. The van der Waals surface area contributed by atoms with Crippen molar-refractivity contribution in [2.24, 2.45) is 0 Å². The molecule has 0 aliphatic heterocycles. The Morgan fingerprint density at radius 2 is 2.22 bits per heavy atom. The van der Waals surface area contributed by atoms with Crippen molar-refractivity contribution in [3.63, 3.8) is 0 Å². The van der Waals surface area contributed by atoms with Crippen LogP contribution >= 0.6 is 0 Å². The number of aliphatic hydroxyl groups excluding tert-OH is 1. The number of hydrogen-bond acceptors (Lipinski definition) is 3. The highest BCUT2D eigenvalue weighted by molar-refractivity contribution is 5.85. The molecule has 4 nitrogen and oxygen atoms in total. The van der Waals surface area contributed by atoms with Crippen LogP contribution in [0.1, 0.15) is 25.0 Å². The molecule has 0 aliphatic carbocycles. The van der Waals surface area contributed by atoms with Crippen LogP contribution in [0.3, 0.4) is 0 Å². The molecule has 0 saturated heterocycles. The number of amides is 1. The molecule has 4 heteroatoms. The van der Waals surface area contributed by atoms with Gasteiger partial charge in [-0.2, -0.15) is 0 Å². The van der Waals surface area contributed by atoms with Crippen LogP contribution in [-0.2, 0) is 4.74 Å². The van der Waals surface area contributed by atoms with E-state index in [0.717, 1.165) is 11.1 Å². The van der Waals surface area contributed by atoms with Gasteiger partial charge in [-0.3, -0.25) is 5.32 Å². The minimum atomic E-state index is -0.470. The number of hydrogen-bond donors (Lipinski definition) is 2. The van der Waals surface area contributed by atoms with E-state index >= 15 is 0 Å². The van der Waals surface area contributed by atoms with Crippen LogP contribution < -0.4 is 5.32 Å². The van der Waals surface area contributed by atoms with Gasteiger partial charge in [-0.05, 0) is 44.5 Å². The number of ether oxygens (including phenoxy) is 1. The SMILES string of the molecule is Cc1cc(C#CCO)ccc1NC(=O)OC(C)C. The van der Waals surface area contributed by atoms with E-state index in [0.29, 0.717) is 5.69 Å². The highest BCUT2D eigenvalue weighted by atomic mass is 16.6.